The van der Waals surface area contributed by atoms with Crippen LogP contribution in [0.1, 0.15) is 12.0 Å². The van der Waals surface area contributed by atoms with Gasteiger partial charge in [-0.1, -0.05) is 12.1 Å². The maximum absolute atomic E-state index is 11.5. The lowest BCUT2D eigenvalue weighted by atomic mass is 10.2. The quantitative estimate of drug-likeness (QED) is 0.792. The second-order valence-corrected chi connectivity index (χ2v) is 4.14. The molecule has 0 bridgehead atoms. The van der Waals surface area contributed by atoms with Gasteiger partial charge in [-0.15, -0.1) is 0 Å². The number of aromatic nitrogens is 3. The summed E-state index contributed by atoms with van der Waals surface area (Å²) >= 11 is 0. The highest BCUT2D eigenvalue weighted by atomic mass is 16.1. The average Bonchev–Trinajstić information content (AvgIpc) is 2.97. The van der Waals surface area contributed by atoms with Crippen molar-refractivity contribution < 1.29 is 4.79 Å². The smallest absolute Gasteiger partial charge is 0.221 e. The fraction of sp³-hybridized carbons (Fsp3) is 0.308. The molecule has 0 unspecified atom stereocenters. The van der Waals surface area contributed by atoms with Gasteiger partial charge < -0.3 is 10.6 Å². The Balaban J connectivity index is 1.94. The number of rotatable bonds is 6. The lowest BCUT2D eigenvalue weighted by Crippen LogP contribution is -2.26. The van der Waals surface area contributed by atoms with Crippen LogP contribution in [0.5, 0.6) is 0 Å². The van der Waals surface area contributed by atoms with Gasteiger partial charge in [0.25, 0.3) is 0 Å². The predicted octanol–water partition coefficient (Wildman–Crippen LogP) is 0.493. The number of carbonyl (C=O) groups excluding carboxylic acids is 1. The van der Waals surface area contributed by atoms with Crippen LogP contribution in [-0.2, 0) is 11.3 Å². The number of nitrogens with zero attached hydrogens (tertiary/aromatic N) is 3. The van der Waals surface area contributed by atoms with E-state index in [1.54, 1.807) is 11.0 Å². The van der Waals surface area contributed by atoms with E-state index in [9.17, 15) is 4.79 Å². The number of benzene rings is 1. The zero-order valence-electron chi connectivity index (χ0n) is 10.8. The Morgan fingerprint density at radius 3 is 3.05 bits per heavy atom. The maximum atomic E-state index is 11.5. The third-order valence-electron chi connectivity index (χ3n) is 2.69. The van der Waals surface area contributed by atoms with Gasteiger partial charge in [0.1, 0.15) is 12.7 Å². The van der Waals surface area contributed by atoms with Gasteiger partial charge in [-0.2, -0.15) is 5.10 Å². The van der Waals surface area contributed by atoms with Gasteiger partial charge in [0.2, 0.25) is 5.91 Å². The number of carbonyl (C=O) groups is 1. The minimum Gasteiger partial charge on any atom is -0.352 e. The molecular weight excluding hydrogens is 242 g/mol. The minimum absolute atomic E-state index is 0.0421. The van der Waals surface area contributed by atoms with Crippen molar-refractivity contribution in [3.63, 3.8) is 0 Å². The summed E-state index contributed by atoms with van der Waals surface area (Å²) in [7, 11) is 1.83. The van der Waals surface area contributed by atoms with Gasteiger partial charge >= 0.3 is 0 Å². The van der Waals surface area contributed by atoms with Crippen LogP contribution >= 0.6 is 0 Å². The zero-order chi connectivity index (χ0) is 13.5. The van der Waals surface area contributed by atoms with E-state index in [2.05, 4.69) is 20.7 Å². The van der Waals surface area contributed by atoms with E-state index in [4.69, 9.17) is 0 Å². The molecule has 1 aromatic heterocycles. The molecule has 2 aromatic rings. The standard InChI is InChI=1S/C13H17N5O/c1-14-6-5-13(19)16-8-11-3-2-4-12(7-11)18-10-15-9-17-18/h2-4,7,9-10,14H,5-6,8H2,1H3,(H,16,19). The van der Waals surface area contributed by atoms with Gasteiger partial charge in [-0.05, 0) is 24.7 Å². The van der Waals surface area contributed by atoms with Crippen LogP contribution in [0.3, 0.4) is 0 Å². The van der Waals surface area contributed by atoms with E-state index in [1.807, 2.05) is 31.3 Å². The average molecular weight is 259 g/mol. The summed E-state index contributed by atoms with van der Waals surface area (Å²) in [6, 6.07) is 7.83. The summed E-state index contributed by atoms with van der Waals surface area (Å²) in [6.07, 6.45) is 3.62. The Kier molecular flexibility index (Phi) is 4.63. The molecule has 0 saturated carbocycles. The molecule has 1 heterocycles. The van der Waals surface area contributed by atoms with Crippen molar-refractivity contribution in [1.29, 1.82) is 0 Å². The Labute approximate surface area is 111 Å². The molecule has 0 spiro atoms. The Bertz CT molecular complexity index is 524. The monoisotopic (exact) mass is 259 g/mol. The van der Waals surface area contributed by atoms with Crippen molar-refractivity contribution in [3.05, 3.63) is 42.5 Å². The van der Waals surface area contributed by atoms with Crippen LogP contribution < -0.4 is 10.6 Å². The lowest BCUT2D eigenvalue weighted by molar-refractivity contribution is -0.121. The van der Waals surface area contributed by atoms with E-state index in [1.165, 1.54) is 6.33 Å². The van der Waals surface area contributed by atoms with Crippen LogP contribution in [0.25, 0.3) is 5.69 Å². The maximum Gasteiger partial charge on any atom is 0.221 e. The van der Waals surface area contributed by atoms with Crippen molar-refractivity contribution in [2.75, 3.05) is 13.6 Å². The number of amides is 1. The first kappa shape index (κ1) is 13.2. The molecular formula is C13H17N5O. The molecule has 2 rings (SSSR count). The van der Waals surface area contributed by atoms with Crippen LogP contribution in [-0.4, -0.2) is 34.3 Å². The predicted molar refractivity (Wildman–Crippen MR) is 71.7 cm³/mol. The Morgan fingerprint density at radius 2 is 2.32 bits per heavy atom. The van der Waals surface area contributed by atoms with E-state index >= 15 is 0 Å². The summed E-state index contributed by atoms with van der Waals surface area (Å²) in [5.74, 6) is 0.0421. The zero-order valence-corrected chi connectivity index (χ0v) is 10.8. The van der Waals surface area contributed by atoms with Crippen molar-refractivity contribution >= 4 is 5.91 Å². The fourth-order valence-corrected chi connectivity index (χ4v) is 1.68. The molecule has 0 aliphatic carbocycles. The highest BCUT2D eigenvalue weighted by Gasteiger charge is 2.02. The molecule has 1 amide bonds. The largest absolute Gasteiger partial charge is 0.352 e. The van der Waals surface area contributed by atoms with Crippen molar-refractivity contribution in [2.24, 2.45) is 0 Å². The fourth-order valence-electron chi connectivity index (χ4n) is 1.68. The molecule has 0 atom stereocenters. The van der Waals surface area contributed by atoms with Gasteiger partial charge in [-0.25, -0.2) is 9.67 Å². The van der Waals surface area contributed by atoms with Gasteiger partial charge in [0, 0.05) is 19.5 Å². The molecule has 6 nitrogen and oxygen atoms in total. The summed E-state index contributed by atoms with van der Waals surface area (Å²) in [5.41, 5.74) is 1.96. The van der Waals surface area contributed by atoms with E-state index in [0.29, 0.717) is 19.5 Å². The van der Waals surface area contributed by atoms with Crippen LogP contribution in [0.2, 0.25) is 0 Å². The van der Waals surface area contributed by atoms with Gasteiger partial charge in [-0.3, -0.25) is 4.79 Å². The summed E-state index contributed by atoms with van der Waals surface area (Å²) < 4.78 is 1.69. The highest BCUT2D eigenvalue weighted by molar-refractivity contribution is 5.76. The first-order chi connectivity index (χ1) is 9.29. The number of hydrogen-bond donors (Lipinski definition) is 2. The SMILES string of the molecule is CNCCC(=O)NCc1cccc(-n2cncn2)c1. The normalized spacial score (nSPS) is 10.4. The molecule has 0 aliphatic rings. The van der Waals surface area contributed by atoms with Crippen LogP contribution in [0, 0.1) is 0 Å². The highest BCUT2D eigenvalue weighted by Crippen LogP contribution is 2.08. The number of hydrogen-bond acceptors (Lipinski definition) is 4. The molecule has 1 aromatic carbocycles. The lowest BCUT2D eigenvalue weighted by Gasteiger charge is -2.07. The van der Waals surface area contributed by atoms with Crippen LogP contribution in [0.4, 0.5) is 0 Å². The first-order valence-corrected chi connectivity index (χ1v) is 6.15. The summed E-state index contributed by atoms with van der Waals surface area (Å²) in [4.78, 5) is 15.4. The van der Waals surface area contributed by atoms with E-state index in [-0.39, 0.29) is 5.91 Å². The second-order valence-electron chi connectivity index (χ2n) is 4.14. The molecule has 6 heteroatoms. The first-order valence-electron chi connectivity index (χ1n) is 6.15. The summed E-state index contributed by atoms with van der Waals surface area (Å²) in [6.45, 7) is 1.20. The van der Waals surface area contributed by atoms with Crippen molar-refractivity contribution in [3.8, 4) is 5.69 Å². The third-order valence-corrected chi connectivity index (χ3v) is 2.69. The molecule has 19 heavy (non-hydrogen) atoms. The van der Waals surface area contributed by atoms with Gasteiger partial charge in [0.05, 0.1) is 5.69 Å². The Morgan fingerprint density at radius 1 is 1.42 bits per heavy atom. The van der Waals surface area contributed by atoms with Crippen LogP contribution in [0.15, 0.2) is 36.9 Å². The van der Waals surface area contributed by atoms with E-state index < -0.39 is 0 Å². The van der Waals surface area contributed by atoms with Gasteiger partial charge in [0.15, 0.2) is 0 Å². The molecule has 100 valence electrons. The third kappa shape index (κ3) is 3.89. The Hall–Kier alpha value is -2.21. The molecule has 0 radical (unpaired) electrons. The van der Waals surface area contributed by atoms with Crippen molar-refractivity contribution in [2.45, 2.75) is 13.0 Å². The summed E-state index contributed by atoms with van der Waals surface area (Å²) in [5, 5.41) is 9.90. The molecule has 0 fully saturated rings. The molecule has 2 N–H and O–H groups in total. The molecule has 0 saturated heterocycles. The molecule has 0 aliphatic heterocycles. The van der Waals surface area contributed by atoms with Crippen molar-refractivity contribution in [1.82, 2.24) is 25.4 Å². The second kappa shape index (κ2) is 6.65. The number of nitrogens with one attached hydrogen (secondary N) is 2. The van der Waals surface area contributed by atoms with E-state index in [0.717, 1.165) is 11.3 Å². The topological polar surface area (TPSA) is 71.8 Å². The minimum atomic E-state index is 0.0421.